The molecule has 98 valence electrons. The molecule has 2 aromatic rings. The molecule has 0 unspecified atom stereocenters. The van der Waals surface area contributed by atoms with E-state index in [1.807, 2.05) is 26.8 Å². The summed E-state index contributed by atoms with van der Waals surface area (Å²) < 4.78 is 39.7. The zero-order valence-electron chi connectivity index (χ0n) is 10.4. The second-order valence-corrected chi connectivity index (χ2v) is 5.61. The minimum Gasteiger partial charge on any atom is -0.240 e. The van der Waals surface area contributed by atoms with Crippen molar-refractivity contribution >= 4 is 21.6 Å². The summed E-state index contributed by atoms with van der Waals surface area (Å²) in [7, 11) is 0. The number of benzene rings is 1. The van der Waals surface area contributed by atoms with Gasteiger partial charge in [-0.3, -0.25) is 0 Å². The zero-order chi connectivity index (χ0) is 13.5. The number of alkyl halides is 3. The number of rotatable bonds is 2. The lowest BCUT2D eigenvalue weighted by Gasteiger charge is -2.09. The van der Waals surface area contributed by atoms with Crippen molar-refractivity contribution in [1.29, 1.82) is 0 Å². The van der Waals surface area contributed by atoms with Gasteiger partial charge >= 0.3 is 6.18 Å². The molecule has 0 bridgehead atoms. The highest BCUT2D eigenvalue weighted by atomic mass is 32.1. The number of hydrogen-bond donors (Lipinski definition) is 0. The van der Waals surface area contributed by atoms with Crippen molar-refractivity contribution in [1.82, 2.24) is 4.98 Å². The Bertz CT molecular complexity index is 569. The van der Waals surface area contributed by atoms with Gasteiger partial charge in [-0.05, 0) is 24.1 Å². The Labute approximate surface area is 108 Å². The van der Waals surface area contributed by atoms with Crippen LogP contribution in [0, 0.1) is 0 Å². The highest BCUT2D eigenvalue weighted by molar-refractivity contribution is 7.18. The molecule has 0 saturated carbocycles. The number of aromatic nitrogens is 1. The Morgan fingerprint density at radius 2 is 1.94 bits per heavy atom. The summed E-state index contributed by atoms with van der Waals surface area (Å²) in [5.41, 5.74) is 0.183. The average molecular weight is 273 g/mol. The largest absolute Gasteiger partial charge is 0.418 e. The third-order valence-electron chi connectivity index (χ3n) is 2.78. The van der Waals surface area contributed by atoms with Crippen LogP contribution < -0.4 is 0 Å². The maximum Gasteiger partial charge on any atom is 0.418 e. The number of aryl methyl sites for hydroxylation is 1. The molecule has 0 saturated heterocycles. The minimum absolute atomic E-state index is 0.0911. The van der Waals surface area contributed by atoms with Gasteiger partial charge in [-0.15, -0.1) is 11.3 Å². The SMILES string of the molecule is CCc1cc(C(F)(F)F)c2nc(C(C)C)sc2c1. The fourth-order valence-electron chi connectivity index (χ4n) is 1.77. The van der Waals surface area contributed by atoms with Crippen molar-refractivity contribution in [3.05, 3.63) is 28.3 Å². The Morgan fingerprint density at radius 1 is 1.28 bits per heavy atom. The second kappa shape index (κ2) is 4.53. The van der Waals surface area contributed by atoms with Gasteiger partial charge in [0.2, 0.25) is 0 Å². The Hall–Kier alpha value is -1.10. The summed E-state index contributed by atoms with van der Waals surface area (Å²) >= 11 is 1.35. The molecular weight excluding hydrogens is 259 g/mol. The van der Waals surface area contributed by atoms with E-state index in [1.54, 1.807) is 0 Å². The predicted octanol–water partition coefficient (Wildman–Crippen LogP) is 5.00. The first kappa shape index (κ1) is 13.3. The van der Waals surface area contributed by atoms with Gasteiger partial charge in [-0.1, -0.05) is 20.8 Å². The first-order valence-corrected chi connectivity index (χ1v) is 6.65. The van der Waals surface area contributed by atoms with Gasteiger partial charge < -0.3 is 0 Å². The molecule has 0 spiro atoms. The topological polar surface area (TPSA) is 12.9 Å². The van der Waals surface area contributed by atoms with Gasteiger partial charge in [0.15, 0.2) is 0 Å². The van der Waals surface area contributed by atoms with Crippen LogP contribution >= 0.6 is 11.3 Å². The lowest BCUT2D eigenvalue weighted by molar-refractivity contribution is -0.136. The summed E-state index contributed by atoms with van der Waals surface area (Å²) in [5.74, 6) is 0.147. The molecule has 0 aliphatic heterocycles. The minimum atomic E-state index is -4.34. The molecule has 5 heteroatoms. The molecule has 0 atom stereocenters. The van der Waals surface area contributed by atoms with Crippen LogP contribution in [0.15, 0.2) is 12.1 Å². The van der Waals surface area contributed by atoms with E-state index in [1.165, 1.54) is 17.4 Å². The second-order valence-electron chi connectivity index (χ2n) is 4.55. The van der Waals surface area contributed by atoms with Gasteiger partial charge in [0, 0.05) is 5.92 Å². The summed E-state index contributed by atoms with van der Waals surface area (Å²) in [6.07, 6.45) is -3.75. The molecule has 1 aromatic carbocycles. The zero-order valence-corrected chi connectivity index (χ0v) is 11.2. The van der Waals surface area contributed by atoms with E-state index in [0.717, 1.165) is 5.01 Å². The highest BCUT2D eigenvalue weighted by Crippen LogP contribution is 2.38. The Morgan fingerprint density at radius 3 is 2.44 bits per heavy atom. The summed E-state index contributed by atoms with van der Waals surface area (Å²) in [6.45, 7) is 5.73. The first-order chi connectivity index (χ1) is 8.32. The summed E-state index contributed by atoms with van der Waals surface area (Å²) in [5, 5.41) is 0.753. The number of nitrogens with zero attached hydrogens (tertiary/aromatic N) is 1. The van der Waals surface area contributed by atoms with E-state index in [0.29, 0.717) is 16.7 Å². The normalized spacial score (nSPS) is 12.6. The van der Waals surface area contributed by atoms with E-state index in [2.05, 4.69) is 4.98 Å². The van der Waals surface area contributed by atoms with Crippen LogP contribution in [-0.4, -0.2) is 4.98 Å². The van der Waals surface area contributed by atoms with Crippen LogP contribution in [0.2, 0.25) is 0 Å². The molecule has 0 aliphatic rings. The van der Waals surface area contributed by atoms with Crippen molar-refractivity contribution in [2.24, 2.45) is 0 Å². The lowest BCUT2D eigenvalue weighted by Crippen LogP contribution is -2.06. The molecule has 18 heavy (non-hydrogen) atoms. The van der Waals surface area contributed by atoms with Gasteiger partial charge in [0.05, 0.1) is 20.8 Å². The van der Waals surface area contributed by atoms with Gasteiger partial charge in [-0.2, -0.15) is 13.2 Å². The average Bonchev–Trinajstić information content (AvgIpc) is 2.69. The molecule has 2 rings (SSSR count). The molecule has 0 radical (unpaired) electrons. The number of hydrogen-bond acceptors (Lipinski definition) is 2. The standard InChI is InChI=1S/C13H14F3NS/c1-4-8-5-9(13(14,15)16)11-10(6-8)18-12(17-11)7(2)3/h5-7H,4H2,1-3H3. The molecule has 1 heterocycles. The molecule has 1 aromatic heterocycles. The molecule has 0 N–H and O–H groups in total. The first-order valence-electron chi connectivity index (χ1n) is 5.83. The van der Waals surface area contributed by atoms with Crippen LogP contribution in [-0.2, 0) is 12.6 Å². The maximum absolute atomic E-state index is 13.0. The van der Waals surface area contributed by atoms with E-state index < -0.39 is 11.7 Å². The third-order valence-corrected chi connectivity index (χ3v) is 4.08. The molecule has 0 amide bonds. The molecular formula is C13H14F3NS. The van der Waals surface area contributed by atoms with E-state index >= 15 is 0 Å². The van der Waals surface area contributed by atoms with Crippen LogP contribution in [0.3, 0.4) is 0 Å². The van der Waals surface area contributed by atoms with Crippen molar-refractivity contribution < 1.29 is 13.2 Å². The maximum atomic E-state index is 13.0. The fraction of sp³-hybridized carbons (Fsp3) is 0.462. The van der Waals surface area contributed by atoms with Crippen molar-refractivity contribution in [3.8, 4) is 0 Å². The van der Waals surface area contributed by atoms with Crippen molar-refractivity contribution in [3.63, 3.8) is 0 Å². The summed E-state index contributed by atoms with van der Waals surface area (Å²) in [4.78, 5) is 4.15. The van der Waals surface area contributed by atoms with Gasteiger partial charge in [0.1, 0.15) is 0 Å². The van der Waals surface area contributed by atoms with E-state index in [9.17, 15) is 13.2 Å². The third kappa shape index (κ3) is 2.36. The van der Waals surface area contributed by atoms with Crippen LogP contribution in [0.4, 0.5) is 13.2 Å². The number of fused-ring (bicyclic) bond motifs is 1. The van der Waals surface area contributed by atoms with Crippen LogP contribution in [0.5, 0.6) is 0 Å². The van der Waals surface area contributed by atoms with Crippen LogP contribution in [0.25, 0.3) is 10.2 Å². The molecule has 1 nitrogen and oxygen atoms in total. The monoisotopic (exact) mass is 273 g/mol. The number of halogens is 3. The Balaban J connectivity index is 2.73. The fourth-order valence-corrected chi connectivity index (χ4v) is 2.83. The quantitative estimate of drug-likeness (QED) is 0.750. The van der Waals surface area contributed by atoms with Crippen molar-refractivity contribution in [2.75, 3.05) is 0 Å². The lowest BCUT2D eigenvalue weighted by atomic mass is 10.1. The van der Waals surface area contributed by atoms with Crippen molar-refractivity contribution in [2.45, 2.75) is 39.3 Å². The molecule has 0 fully saturated rings. The predicted molar refractivity (Wildman–Crippen MR) is 68.1 cm³/mol. The van der Waals surface area contributed by atoms with E-state index in [4.69, 9.17) is 0 Å². The summed E-state index contributed by atoms with van der Waals surface area (Å²) in [6, 6.07) is 3.03. The van der Waals surface area contributed by atoms with Gasteiger partial charge in [0.25, 0.3) is 0 Å². The van der Waals surface area contributed by atoms with E-state index in [-0.39, 0.29) is 11.4 Å². The smallest absolute Gasteiger partial charge is 0.240 e. The highest BCUT2D eigenvalue weighted by Gasteiger charge is 2.34. The molecule has 0 aliphatic carbocycles. The Kier molecular flexibility index (Phi) is 3.36. The number of thiazole rings is 1. The van der Waals surface area contributed by atoms with Gasteiger partial charge in [-0.25, -0.2) is 4.98 Å². The van der Waals surface area contributed by atoms with Crippen LogP contribution in [0.1, 0.15) is 42.8 Å².